The lowest BCUT2D eigenvalue weighted by molar-refractivity contribution is 0.457. The van der Waals surface area contributed by atoms with E-state index in [1.807, 2.05) is 0 Å². The summed E-state index contributed by atoms with van der Waals surface area (Å²) in [4.78, 5) is 0. The van der Waals surface area contributed by atoms with Crippen molar-refractivity contribution in [1.29, 1.82) is 0 Å². The van der Waals surface area contributed by atoms with Crippen LogP contribution in [0.25, 0.3) is 0 Å². The molecule has 0 aromatic rings. The van der Waals surface area contributed by atoms with Gasteiger partial charge in [0.2, 0.25) is 0 Å². The van der Waals surface area contributed by atoms with Gasteiger partial charge in [-0.25, -0.2) is 8.42 Å². The largest absolute Gasteiger partial charge is 0.772 e. The Morgan fingerprint density at radius 2 is 2.00 bits per heavy atom. The van der Waals surface area contributed by atoms with Crippen LogP contribution in [-0.4, -0.2) is 32.7 Å². The molecular formula is C4H8O5S2-2. The van der Waals surface area contributed by atoms with Gasteiger partial charge in [0.15, 0.2) is 0 Å². The summed E-state index contributed by atoms with van der Waals surface area (Å²) in [6, 6.07) is 0. The minimum Gasteiger partial charge on any atom is -0.772 e. The summed E-state index contributed by atoms with van der Waals surface area (Å²) in [7, 11) is -4.42. The van der Waals surface area contributed by atoms with E-state index in [1.165, 1.54) is 6.92 Å². The zero-order valence-corrected chi connectivity index (χ0v) is 7.48. The average molecular weight is 200 g/mol. The van der Waals surface area contributed by atoms with E-state index in [0.29, 0.717) is 0 Å². The van der Waals surface area contributed by atoms with Crippen molar-refractivity contribution in [2.75, 3.05) is 5.75 Å². The van der Waals surface area contributed by atoms with Gasteiger partial charge in [0, 0.05) is 5.25 Å². The van der Waals surface area contributed by atoms with Crippen LogP contribution >= 0.6 is 0 Å². The Morgan fingerprint density at radius 1 is 1.55 bits per heavy atom. The molecule has 2 atom stereocenters. The summed E-state index contributed by atoms with van der Waals surface area (Å²) < 4.78 is 50.6. The topological polar surface area (TPSA) is 97.3 Å². The second kappa shape index (κ2) is 4.15. The highest BCUT2D eigenvalue weighted by atomic mass is 32.2. The van der Waals surface area contributed by atoms with Gasteiger partial charge in [0.25, 0.3) is 0 Å². The van der Waals surface area contributed by atoms with E-state index < -0.39 is 32.2 Å². The van der Waals surface area contributed by atoms with Crippen molar-refractivity contribution in [3.05, 3.63) is 0 Å². The van der Waals surface area contributed by atoms with E-state index in [0.717, 1.165) is 0 Å². The van der Waals surface area contributed by atoms with Gasteiger partial charge in [-0.1, -0.05) is 18.0 Å². The molecule has 0 aromatic carbocycles. The van der Waals surface area contributed by atoms with E-state index in [1.54, 1.807) is 0 Å². The van der Waals surface area contributed by atoms with Crippen molar-refractivity contribution >= 4 is 21.2 Å². The van der Waals surface area contributed by atoms with Crippen molar-refractivity contribution in [3.63, 3.8) is 0 Å². The lowest BCUT2D eigenvalue weighted by Gasteiger charge is -2.19. The smallest absolute Gasteiger partial charge is 0.0957 e. The third kappa shape index (κ3) is 5.31. The lowest BCUT2D eigenvalue weighted by Crippen LogP contribution is -2.24. The van der Waals surface area contributed by atoms with Crippen molar-refractivity contribution in [2.45, 2.75) is 18.6 Å². The van der Waals surface area contributed by atoms with Crippen molar-refractivity contribution in [3.8, 4) is 0 Å². The van der Waals surface area contributed by atoms with Crippen LogP contribution in [0.3, 0.4) is 0 Å². The fraction of sp³-hybridized carbons (Fsp3) is 1.00. The standard InChI is InChI=1S/C4H10O5S2/c1-2-4(10(5)6)3-11(7,8)9/h4H,2-3H2,1H3,(H,5,6)(H,7,8,9)/p-2. The predicted octanol–water partition coefficient (Wildman–Crippen LogP) is -0.811. The molecule has 68 valence electrons. The van der Waals surface area contributed by atoms with Gasteiger partial charge in [0.05, 0.1) is 15.9 Å². The SMILES string of the molecule is CCC(CS(=O)(=O)[O-])S(=O)[O-]. The van der Waals surface area contributed by atoms with Crippen LogP contribution in [0.1, 0.15) is 13.3 Å². The van der Waals surface area contributed by atoms with E-state index >= 15 is 0 Å². The van der Waals surface area contributed by atoms with Crippen LogP contribution in [-0.2, 0) is 21.2 Å². The molecule has 0 saturated heterocycles. The van der Waals surface area contributed by atoms with Gasteiger partial charge in [-0.3, -0.25) is 4.21 Å². The van der Waals surface area contributed by atoms with E-state index in [2.05, 4.69) is 0 Å². The molecule has 5 nitrogen and oxygen atoms in total. The highest BCUT2D eigenvalue weighted by molar-refractivity contribution is 7.87. The van der Waals surface area contributed by atoms with Gasteiger partial charge in [-0.05, 0) is 6.42 Å². The Hall–Kier alpha value is 0.0200. The third-order valence-electron chi connectivity index (χ3n) is 1.12. The van der Waals surface area contributed by atoms with Crippen molar-refractivity contribution < 1.29 is 21.7 Å². The lowest BCUT2D eigenvalue weighted by atomic mass is 10.4. The molecular weight excluding hydrogens is 192 g/mol. The zero-order chi connectivity index (χ0) is 9.07. The summed E-state index contributed by atoms with van der Waals surface area (Å²) in [6.45, 7) is 1.51. The average Bonchev–Trinajstić information content (AvgIpc) is 1.80. The summed E-state index contributed by atoms with van der Waals surface area (Å²) in [5, 5.41) is -1.07. The predicted molar refractivity (Wildman–Crippen MR) is 37.6 cm³/mol. The first-order valence-corrected chi connectivity index (χ1v) is 5.60. The first-order valence-electron chi connectivity index (χ1n) is 2.88. The van der Waals surface area contributed by atoms with Crippen LogP contribution < -0.4 is 0 Å². The van der Waals surface area contributed by atoms with Gasteiger partial charge < -0.3 is 9.11 Å². The van der Waals surface area contributed by atoms with Crippen molar-refractivity contribution in [2.24, 2.45) is 0 Å². The molecule has 0 radical (unpaired) electrons. The molecule has 0 aliphatic heterocycles. The monoisotopic (exact) mass is 200 g/mol. The second-order valence-corrected chi connectivity index (χ2v) is 4.65. The zero-order valence-electron chi connectivity index (χ0n) is 5.85. The molecule has 7 heteroatoms. The number of rotatable bonds is 4. The first kappa shape index (κ1) is 11.0. The summed E-state index contributed by atoms with van der Waals surface area (Å²) >= 11 is -2.48. The Balaban J connectivity index is 4.22. The van der Waals surface area contributed by atoms with Gasteiger partial charge >= 0.3 is 0 Å². The Morgan fingerprint density at radius 3 is 2.09 bits per heavy atom. The van der Waals surface area contributed by atoms with Crippen molar-refractivity contribution in [1.82, 2.24) is 0 Å². The Kier molecular flexibility index (Phi) is 4.16. The van der Waals surface area contributed by atoms with Crippen LogP contribution in [0.4, 0.5) is 0 Å². The van der Waals surface area contributed by atoms with Gasteiger partial charge in [0.1, 0.15) is 0 Å². The normalized spacial score (nSPS) is 17.7. The minimum atomic E-state index is -4.42. The molecule has 0 rings (SSSR count). The molecule has 0 aliphatic carbocycles. The molecule has 0 aromatic heterocycles. The fourth-order valence-electron chi connectivity index (χ4n) is 0.537. The maximum atomic E-state index is 10.2. The number of hydrogen-bond donors (Lipinski definition) is 0. The molecule has 0 spiro atoms. The summed E-state index contributed by atoms with van der Waals surface area (Å²) in [5.41, 5.74) is 0. The summed E-state index contributed by atoms with van der Waals surface area (Å²) in [6.07, 6.45) is 0.136. The first-order chi connectivity index (χ1) is 4.87. The Bertz CT molecular complexity index is 231. The molecule has 11 heavy (non-hydrogen) atoms. The minimum absolute atomic E-state index is 0.136. The molecule has 0 saturated carbocycles. The summed E-state index contributed by atoms with van der Waals surface area (Å²) in [5.74, 6) is -0.834. The molecule has 0 N–H and O–H groups in total. The van der Waals surface area contributed by atoms with Crippen LogP contribution in [0.5, 0.6) is 0 Å². The molecule has 0 fully saturated rings. The molecule has 0 heterocycles. The van der Waals surface area contributed by atoms with Gasteiger partial charge in [-0.2, -0.15) is 0 Å². The van der Waals surface area contributed by atoms with E-state index in [4.69, 9.17) is 0 Å². The van der Waals surface area contributed by atoms with Crippen LogP contribution in [0, 0.1) is 0 Å². The molecule has 0 bridgehead atoms. The quantitative estimate of drug-likeness (QED) is 0.436. The molecule has 0 aliphatic rings. The maximum absolute atomic E-state index is 10.2. The van der Waals surface area contributed by atoms with Crippen LogP contribution in [0.15, 0.2) is 0 Å². The molecule has 2 unspecified atom stereocenters. The molecule has 0 amide bonds. The highest BCUT2D eigenvalue weighted by Gasteiger charge is 2.09. The van der Waals surface area contributed by atoms with Crippen LogP contribution in [0.2, 0.25) is 0 Å². The van der Waals surface area contributed by atoms with E-state index in [-0.39, 0.29) is 6.42 Å². The third-order valence-corrected chi connectivity index (χ3v) is 3.18. The maximum Gasteiger partial charge on any atom is 0.0957 e. The number of hydrogen-bond acceptors (Lipinski definition) is 5. The van der Waals surface area contributed by atoms with Gasteiger partial charge in [-0.15, -0.1) is 0 Å². The Labute approximate surface area is 67.8 Å². The van der Waals surface area contributed by atoms with E-state index in [9.17, 15) is 21.7 Å². The fourth-order valence-corrected chi connectivity index (χ4v) is 2.44. The highest BCUT2D eigenvalue weighted by Crippen LogP contribution is 2.02. The second-order valence-electron chi connectivity index (χ2n) is 2.02.